The molecule has 1 aromatic carbocycles. The Hall–Kier alpha value is -2.96. The number of amides is 1. The monoisotopic (exact) mass is 286 g/mol. The van der Waals surface area contributed by atoms with Crippen LogP contribution in [0.5, 0.6) is 5.75 Å². The molecule has 2 heterocycles. The van der Waals surface area contributed by atoms with Gasteiger partial charge in [-0.15, -0.1) is 0 Å². The zero-order valence-corrected chi connectivity index (χ0v) is 11.1. The summed E-state index contributed by atoms with van der Waals surface area (Å²) in [7, 11) is 1.46. The lowest BCUT2D eigenvalue weighted by molar-refractivity contribution is 0.100. The highest BCUT2D eigenvalue weighted by atomic mass is 19.1. The number of methoxy groups -OCH3 is 1. The van der Waals surface area contributed by atoms with E-state index in [2.05, 4.69) is 10.1 Å². The number of carbonyl (C=O) groups is 1. The zero-order valence-electron chi connectivity index (χ0n) is 11.1. The Balaban J connectivity index is 2.24. The molecule has 0 unspecified atom stereocenters. The van der Waals surface area contributed by atoms with E-state index >= 15 is 0 Å². The second-order valence-corrected chi connectivity index (χ2v) is 4.33. The normalized spacial score (nSPS) is 10.8. The minimum Gasteiger partial charge on any atom is -0.497 e. The molecule has 6 nitrogen and oxygen atoms in total. The van der Waals surface area contributed by atoms with E-state index in [1.54, 1.807) is 18.2 Å². The van der Waals surface area contributed by atoms with Gasteiger partial charge in [0.1, 0.15) is 17.1 Å². The van der Waals surface area contributed by atoms with Crippen molar-refractivity contribution >= 4 is 11.6 Å². The van der Waals surface area contributed by atoms with E-state index in [9.17, 15) is 9.18 Å². The largest absolute Gasteiger partial charge is 0.497 e. The standard InChI is InChI=1S/C14H11FN4O2/c1-21-8-2-3-9(11(15)6-8)12-4-5-17-14-10(13(16)20)7-18-19(12)14/h2-7H,1H3,(H2,16,20). The number of carbonyl (C=O) groups excluding carboxylic acids is 1. The Labute approximate surface area is 119 Å². The lowest BCUT2D eigenvalue weighted by Gasteiger charge is -2.07. The van der Waals surface area contributed by atoms with Crippen LogP contribution in [0.15, 0.2) is 36.7 Å². The highest BCUT2D eigenvalue weighted by Crippen LogP contribution is 2.26. The molecule has 106 valence electrons. The molecule has 0 bridgehead atoms. The van der Waals surface area contributed by atoms with Crippen molar-refractivity contribution in [2.75, 3.05) is 7.11 Å². The number of halogens is 1. The van der Waals surface area contributed by atoms with Crippen LogP contribution in [-0.2, 0) is 0 Å². The first-order chi connectivity index (χ1) is 10.1. The maximum absolute atomic E-state index is 14.2. The van der Waals surface area contributed by atoms with Crippen molar-refractivity contribution in [3.63, 3.8) is 0 Å². The van der Waals surface area contributed by atoms with Gasteiger partial charge in [0.05, 0.1) is 19.0 Å². The van der Waals surface area contributed by atoms with E-state index in [1.165, 1.54) is 30.1 Å². The summed E-state index contributed by atoms with van der Waals surface area (Å²) in [6.07, 6.45) is 2.79. The van der Waals surface area contributed by atoms with Gasteiger partial charge in [-0.3, -0.25) is 4.79 Å². The number of aromatic nitrogens is 3. The minimum absolute atomic E-state index is 0.186. The van der Waals surface area contributed by atoms with Crippen LogP contribution in [0.1, 0.15) is 10.4 Å². The molecule has 3 rings (SSSR count). The van der Waals surface area contributed by atoms with E-state index in [1.807, 2.05) is 0 Å². The molecule has 0 atom stereocenters. The molecule has 2 aromatic heterocycles. The molecule has 0 saturated heterocycles. The van der Waals surface area contributed by atoms with Gasteiger partial charge in [-0.05, 0) is 18.2 Å². The Morgan fingerprint density at radius 2 is 2.19 bits per heavy atom. The molecule has 7 heteroatoms. The molecule has 0 fully saturated rings. The van der Waals surface area contributed by atoms with Crippen LogP contribution >= 0.6 is 0 Å². The summed E-state index contributed by atoms with van der Waals surface area (Å²) in [5, 5.41) is 4.06. The topological polar surface area (TPSA) is 82.5 Å². The van der Waals surface area contributed by atoms with Crippen molar-refractivity contribution in [1.82, 2.24) is 14.6 Å². The lowest BCUT2D eigenvalue weighted by atomic mass is 10.1. The third kappa shape index (κ3) is 2.08. The molecule has 21 heavy (non-hydrogen) atoms. The fraction of sp³-hybridized carbons (Fsp3) is 0.0714. The maximum Gasteiger partial charge on any atom is 0.254 e. The van der Waals surface area contributed by atoms with Crippen molar-refractivity contribution in [3.8, 4) is 17.0 Å². The Bertz CT molecular complexity index is 844. The predicted octanol–water partition coefficient (Wildman–Crippen LogP) is 1.64. The van der Waals surface area contributed by atoms with E-state index < -0.39 is 11.7 Å². The molecule has 2 N–H and O–H groups in total. The van der Waals surface area contributed by atoms with Crippen LogP contribution in [0.3, 0.4) is 0 Å². The molecule has 0 radical (unpaired) electrons. The summed E-state index contributed by atoms with van der Waals surface area (Å²) < 4.78 is 20.5. The van der Waals surface area contributed by atoms with Gasteiger partial charge in [0.2, 0.25) is 0 Å². The second kappa shape index (κ2) is 4.86. The van der Waals surface area contributed by atoms with Crippen LogP contribution in [0.4, 0.5) is 4.39 Å². The van der Waals surface area contributed by atoms with Crippen molar-refractivity contribution in [3.05, 3.63) is 48.0 Å². The highest BCUT2D eigenvalue weighted by molar-refractivity contribution is 5.98. The van der Waals surface area contributed by atoms with Crippen LogP contribution in [0, 0.1) is 5.82 Å². The minimum atomic E-state index is -0.634. The number of ether oxygens (including phenoxy) is 1. The predicted molar refractivity (Wildman–Crippen MR) is 73.5 cm³/mol. The number of hydrogen-bond donors (Lipinski definition) is 1. The fourth-order valence-electron chi connectivity index (χ4n) is 2.10. The molecule has 0 saturated carbocycles. The van der Waals surface area contributed by atoms with Crippen molar-refractivity contribution in [2.45, 2.75) is 0 Å². The van der Waals surface area contributed by atoms with E-state index in [4.69, 9.17) is 10.5 Å². The fourth-order valence-corrected chi connectivity index (χ4v) is 2.10. The van der Waals surface area contributed by atoms with Crippen LogP contribution in [-0.4, -0.2) is 27.6 Å². The van der Waals surface area contributed by atoms with Gasteiger partial charge in [0.25, 0.3) is 5.91 Å². The first kappa shape index (κ1) is 13.0. The number of benzene rings is 1. The van der Waals surface area contributed by atoms with Crippen LogP contribution in [0.2, 0.25) is 0 Å². The average Bonchev–Trinajstić information content (AvgIpc) is 2.91. The third-order valence-electron chi connectivity index (χ3n) is 3.12. The van der Waals surface area contributed by atoms with Crippen molar-refractivity contribution < 1.29 is 13.9 Å². The summed E-state index contributed by atoms with van der Waals surface area (Å²) in [6.45, 7) is 0. The number of hydrogen-bond acceptors (Lipinski definition) is 4. The summed E-state index contributed by atoms with van der Waals surface area (Å²) >= 11 is 0. The van der Waals surface area contributed by atoms with Gasteiger partial charge < -0.3 is 10.5 Å². The SMILES string of the molecule is COc1ccc(-c2ccnc3c(C(N)=O)cnn23)c(F)c1. The zero-order chi connectivity index (χ0) is 15.0. The van der Waals surface area contributed by atoms with E-state index in [-0.39, 0.29) is 11.2 Å². The molecular weight excluding hydrogens is 275 g/mol. The summed E-state index contributed by atoms with van der Waals surface area (Å²) in [4.78, 5) is 15.4. The van der Waals surface area contributed by atoms with Gasteiger partial charge >= 0.3 is 0 Å². The van der Waals surface area contributed by atoms with Crippen molar-refractivity contribution in [1.29, 1.82) is 0 Å². The smallest absolute Gasteiger partial charge is 0.254 e. The second-order valence-electron chi connectivity index (χ2n) is 4.33. The van der Waals surface area contributed by atoms with E-state index in [0.717, 1.165) is 0 Å². The van der Waals surface area contributed by atoms with Gasteiger partial charge in [0.15, 0.2) is 5.65 Å². The summed E-state index contributed by atoms with van der Waals surface area (Å²) in [6, 6.07) is 6.10. The number of nitrogens with zero attached hydrogens (tertiary/aromatic N) is 3. The Morgan fingerprint density at radius 1 is 1.38 bits per heavy atom. The molecule has 3 aromatic rings. The van der Waals surface area contributed by atoms with Crippen LogP contribution < -0.4 is 10.5 Å². The van der Waals surface area contributed by atoms with Gasteiger partial charge in [-0.25, -0.2) is 13.9 Å². The molecule has 0 aliphatic rings. The number of fused-ring (bicyclic) bond motifs is 1. The first-order valence-electron chi connectivity index (χ1n) is 6.08. The quantitative estimate of drug-likeness (QED) is 0.793. The lowest BCUT2D eigenvalue weighted by Crippen LogP contribution is -2.11. The number of rotatable bonds is 3. The highest BCUT2D eigenvalue weighted by Gasteiger charge is 2.15. The molecule has 0 aliphatic carbocycles. The molecule has 0 aliphatic heterocycles. The Morgan fingerprint density at radius 3 is 2.86 bits per heavy atom. The van der Waals surface area contributed by atoms with Crippen LogP contribution in [0.25, 0.3) is 16.9 Å². The number of nitrogens with two attached hydrogens (primary N) is 1. The van der Waals surface area contributed by atoms with Gasteiger partial charge in [-0.2, -0.15) is 5.10 Å². The third-order valence-corrected chi connectivity index (χ3v) is 3.12. The Kier molecular flexibility index (Phi) is 3.02. The molecular formula is C14H11FN4O2. The summed E-state index contributed by atoms with van der Waals surface area (Å²) in [5.41, 5.74) is 6.52. The van der Waals surface area contributed by atoms with Gasteiger partial charge in [-0.1, -0.05) is 0 Å². The van der Waals surface area contributed by atoms with Crippen molar-refractivity contribution in [2.24, 2.45) is 5.73 Å². The first-order valence-corrected chi connectivity index (χ1v) is 6.08. The average molecular weight is 286 g/mol. The maximum atomic E-state index is 14.2. The number of primary amides is 1. The van der Waals surface area contributed by atoms with Gasteiger partial charge in [0, 0.05) is 17.8 Å². The summed E-state index contributed by atoms with van der Waals surface area (Å²) in [5.74, 6) is -0.678. The van der Waals surface area contributed by atoms with E-state index in [0.29, 0.717) is 17.0 Å². The molecule has 1 amide bonds. The molecule has 0 spiro atoms.